The summed E-state index contributed by atoms with van der Waals surface area (Å²) in [5.74, 6) is -0.672. The number of hydrogen-bond acceptors (Lipinski definition) is 7. The molecule has 0 spiro atoms. The molecule has 0 aliphatic heterocycles. The number of methoxy groups -OCH3 is 1. The number of amides is 1. The minimum absolute atomic E-state index is 0.0692. The highest BCUT2D eigenvalue weighted by atomic mass is 16.6. The smallest absolute Gasteiger partial charge is 0.311 e. The first-order chi connectivity index (χ1) is 12.8. The molecule has 0 radical (unpaired) electrons. The molecular weight excluding hydrogens is 354 g/mol. The Morgan fingerprint density at radius 1 is 1.19 bits per heavy atom. The molecule has 1 amide bonds. The van der Waals surface area contributed by atoms with E-state index in [1.54, 1.807) is 6.92 Å². The van der Waals surface area contributed by atoms with E-state index in [0.717, 1.165) is 6.54 Å². The lowest BCUT2D eigenvalue weighted by molar-refractivity contribution is -0.385. The fraction of sp³-hybridized carbons (Fsp3) is 0.556. The van der Waals surface area contributed by atoms with Gasteiger partial charge < -0.3 is 19.3 Å². The van der Waals surface area contributed by atoms with Crippen molar-refractivity contribution in [1.82, 2.24) is 9.80 Å². The van der Waals surface area contributed by atoms with Crippen molar-refractivity contribution in [1.29, 1.82) is 0 Å². The third-order valence-electron chi connectivity index (χ3n) is 3.83. The van der Waals surface area contributed by atoms with Gasteiger partial charge in [-0.3, -0.25) is 19.7 Å². The number of esters is 1. The van der Waals surface area contributed by atoms with Crippen LogP contribution in [0.1, 0.15) is 30.1 Å². The third-order valence-corrected chi connectivity index (χ3v) is 3.83. The number of nitro groups is 1. The van der Waals surface area contributed by atoms with Crippen LogP contribution in [0.3, 0.4) is 0 Å². The van der Waals surface area contributed by atoms with Crippen LogP contribution in [-0.2, 0) is 9.53 Å². The zero-order valence-corrected chi connectivity index (χ0v) is 16.3. The second-order valence-corrected chi connectivity index (χ2v) is 6.15. The number of ether oxygens (including phenoxy) is 2. The van der Waals surface area contributed by atoms with Gasteiger partial charge in [0, 0.05) is 24.7 Å². The SMILES string of the molecule is CCOC(=O)CCN(CCCN(C)C)C(=O)c1ccc(OC)c([N+](=O)[O-])c1. The number of benzene rings is 1. The van der Waals surface area contributed by atoms with Crippen molar-refractivity contribution in [2.45, 2.75) is 19.8 Å². The van der Waals surface area contributed by atoms with Gasteiger partial charge in [-0.1, -0.05) is 0 Å². The molecule has 0 aromatic heterocycles. The fourth-order valence-corrected chi connectivity index (χ4v) is 2.50. The molecule has 0 N–H and O–H groups in total. The number of carbonyl (C=O) groups excluding carboxylic acids is 2. The molecule has 0 fully saturated rings. The van der Waals surface area contributed by atoms with Crippen LogP contribution < -0.4 is 4.74 Å². The normalized spacial score (nSPS) is 10.6. The van der Waals surface area contributed by atoms with Crippen LogP contribution in [0.25, 0.3) is 0 Å². The van der Waals surface area contributed by atoms with Crippen molar-refractivity contribution >= 4 is 17.6 Å². The maximum absolute atomic E-state index is 12.9. The molecule has 9 heteroatoms. The van der Waals surface area contributed by atoms with E-state index in [4.69, 9.17) is 9.47 Å². The van der Waals surface area contributed by atoms with Gasteiger partial charge in [0.2, 0.25) is 0 Å². The van der Waals surface area contributed by atoms with Crippen molar-refractivity contribution in [2.24, 2.45) is 0 Å². The summed E-state index contributed by atoms with van der Waals surface area (Å²) in [5.41, 5.74) is -0.0989. The molecule has 1 rings (SSSR count). The number of nitro benzene ring substituents is 1. The Hall–Kier alpha value is -2.68. The van der Waals surface area contributed by atoms with Crippen molar-refractivity contribution in [3.8, 4) is 5.75 Å². The van der Waals surface area contributed by atoms with Gasteiger partial charge in [-0.25, -0.2) is 0 Å². The average molecular weight is 381 g/mol. The second kappa shape index (κ2) is 11.1. The lowest BCUT2D eigenvalue weighted by Gasteiger charge is -2.23. The van der Waals surface area contributed by atoms with Gasteiger partial charge in [0.1, 0.15) is 0 Å². The van der Waals surface area contributed by atoms with E-state index in [-0.39, 0.29) is 48.4 Å². The molecule has 0 saturated carbocycles. The molecule has 0 unspecified atom stereocenters. The Morgan fingerprint density at radius 2 is 1.89 bits per heavy atom. The van der Waals surface area contributed by atoms with Gasteiger partial charge >= 0.3 is 11.7 Å². The van der Waals surface area contributed by atoms with E-state index in [0.29, 0.717) is 13.0 Å². The molecule has 0 aliphatic rings. The quantitative estimate of drug-likeness (QED) is 0.328. The van der Waals surface area contributed by atoms with Gasteiger partial charge in [-0.15, -0.1) is 0 Å². The Bertz CT molecular complexity index is 662. The molecule has 0 saturated heterocycles. The molecule has 9 nitrogen and oxygen atoms in total. The summed E-state index contributed by atoms with van der Waals surface area (Å²) >= 11 is 0. The number of hydrogen-bond donors (Lipinski definition) is 0. The van der Waals surface area contributed by atoms with Crippen LogP contribution in [0.4, 0.5) is 5.69 Å². The van der Waals surface area contributed by atoms with E-state index in [9.17, 15) is 19.7 Å². The largest absolute Gasteiger partial charge is 0.490 e. The van der Waals surface area contributed by atoms with Crippen LogP contribution >= 0.6 is 0 Å². The Labute approximate surface area is 159 Å². The Balaban J connectivity index is 2.97. The highest BCUT2D eigenvalue weighted by molar-refractivity contribution is 5.95. The van der Waals surface area contributed by atoms with Gasteiger partial charge in [-0.05, 0) is 46.1 Å². The van der Waals surface area contributed by atoms with Gasteiger partial charge in [0.05, 0.1) is 25.1 Å². The maximum Gasteiger partial charge on any atom is 0.311 e. The Kier molecular flexibility index (Phi) is 9.21. The van der Waals surface area contributed by atoms with Crippen molar-refractivity contribution in [3.05, 3.63) is 33.9 Å². The predicted octanol–water partition coefficient (Wildman–Crippen LogP) is 1.95. The van der Waals surface area contributed by atoms with Crippen molar-refractivity contribution in [2.75, 3.05) is 47.4 Å². The zero-order valence-electron chi connectivity index (χ0n) is 16.3. The topological polar surface area (TPSA) is 102 Å². The minimum atomic E-state index is -0.593. The predicted molar refractivity (Wildman–Crippen MR) is 100.0 cm³/mol. The fourth-order valence-electron chi connectivity index (χ4n) is 2.50. The highest BCUT2D eigenvalue weighted by Gasteiger charge is 2.22. The van der Waals surface area contributed by atoms with Gasteiger partial charge in [0.25, 0.3) is 5.91 Å². The number of nitrogens with zero attached hydrogens (tertiary/aromatic N) is 3. The van der Waals surface area contributed by atoms with Crippen LogP contribution in [-0.4, -0.2) is 74.0 Å². The summed E-state index contributed by atoms with van der Waals surface area (Å²) in [7, 11) is 5.19. The van der Waals surface area contributed by atoms with Crippen LogP contribution in [0.15, 0.2) is 18.2 Å². The molecule has 27 heavy (non-hydrogen) atoms. The molecule has 0 heterocycles. The molecule has 0 bridgehead atoms. The molecule has 150 valence electrons. The third kappa shape index (κ3) is 7.22. The van der Waals surface area contributed by atoms with Crippen LogP contribution in [0.2, 0.25) is 0 Å². The molecule has 0 atom stereocenters. The van der Waals surface area contributed by atoms with E-state index in [1.807, 2.05) is 19.0 Å². The Morgan fingerprint density at radius 3 is 2.44 bits per heavy atom. The summed E-state index contributed by atoms with van der Waals surface area (Å²) in [4.78, 5) is 38.6. The van der Waals surface area contributed by atoms with Crippen LogP contribution in [0.5, 0.6) is 5.75 Å². The lowest BCUT2D eigenvalue weighted by Crippen LogP contribution is -2.35. The molecular formula is C18H27N3O6. The first kappa shape index (κ1) is 22.4. The van der Waals surface area contributed by atoms with Crippen molar-refractivity contribution < 1.29 is 24.0 Å². The van der Waals surface area contributed by atoms with Crippen LogP contribution in [0, 0.1) is 10.1 Å². The molecule has 1 aromatic rings. The maximum atomic E-state index is 12.9. The van der Waals surface area contributed by atoms with E-state index < -0.39 is 4.92 Å². The second-order valence-electron chi connectivity index (χ2n) is 6.15. The summed E-state index contributed by atoms with van der Waals surface area (Å²) in [6, 6.07) is 4.08. The number of rotatable bonds is 11. The van der Waals surface area contributed by atoms with Gasteiger partial charge in [-0.2, -0.15) is 0 Å². The average Bonchev–Trinajstić information content (AvgIpc) is 2.63. The minimum Gasteiger partial charge on any atom is -0.490 e. The van der Waals surface area contributed by atoms with Crippen molar-refractivity contribution in [3.63, 3.8) is 0 Å². The first-order valence-electron chi connectivity index (χ1n) is 8.72. The number of carbonyl (C=O) groups is 2. The molecule has 0 aliphatic carbocycles. The lowest BCUT2D eigenvalue weighted by atomic mass is 10.1. The summed E-state index contributed by atoms with van der Waals surface area (Å²) < 4.78 is 9.88. The molecule has 1 aromatic carbocycles. The first-order valence-corrected chi connectivity index (χ1v) is 8.72. The highest BCUT2D eigenvalue weighted by Crippen LogP contribution is 2.28. The summed E-state index contributed by atoms with van der Waals surface area (Å²) in [6.07, 6.45) is 0.777. The van der Waals surface area contributed by atoms with E-state index >= 15 is 0 Å². The van der Waals surface area contributed by atoms with E-state index in [1.165, 1.54) is 30.2 Å². The summed E-state index contributed by atoms with van der Waals surface area (Å²) in [6.45, 7) is 3.37. The zero-order chi connectivity index (χ0) is 20.4. The summed E-state index contributed by atoms with van der Waals surface area (Å²) in [5, 5.41) is 11.2. The standard InChI is InChI=1S/C18H27N3O6/c1-5-27-17(22)9-12-20(11-6-10-19(2)3)18(23)14-7-8-16(26-4)15(13-14)21(24)25/h7-8,13H,5-6,9-12H2,1-4H3. The monoisotopic (exact) mass is 381 g/mol. The van der Waals surface area contributed by atoms with E-state index in [2.05, 4.69) is 0 Å². The van der Waals surface area contributed by atoms with Gasteiger partial charge in [0.15, 0.2) is 5.75 Å².